The summed E-state index contributed by atoms with van der Waals surface area (Å²) < 4.78 is 33.1. The highest BCUT2D eigenvalue weighted by molar-refractivity contribution is 7.89. The average molecular weight is 297 g/mol. The van der Waals surface area contributed by atoms with Crippen molar-refractivity contribution < 1.29 is 13.2 Å². The van der Waals surface area contributed by atoms with E-state index in [0.29, 0.717) is 4.90 Å². The molecule has 1 aliphatic rings. The van der Waals surface area contributed by atoms with E-state index in [9.17, 15) is 8.42 Å². The van der Waals surface area contributed by atoms with E-state index in [1.807, 2.05) is 6.92 Å². The quantitative estimate of drug-likeness (QED) is 0.929. The Morgan fingerprint density at radius 3 is 2.35 bits per heavy atom. The van der Waals surface area contributed by atoms with Crippen molar-refractivity contribution in [2.45, 2.75) is 56.9 Å². The minimum absolute atomic E-state index is 0.0792. The zero-order valence-corrected chi connectivity index (χ0v) is 13.2. The summed E-state index contributed by atoms with van der Waals surface area (Å²) in [7, 11) is -1.85. The highest BCUT2D eigenvalue weighted by Crippen LogP contribution is 2.27. The first kappa shape index (κ1) is 15.3. The van der Waals surface area contributed by atoms with E-state index in [1.54, 1.807) is 26.2 Å². The van der Waals surface area contributed by atoms with Crippen molar-refractivity contribution in [1.29, 1.82) is 0 Å². The van der Waals surface area contributed by atoms with Crippen LogP contribution in [0.2, 0.25) is 0 Å². The molecule has 0 atom stereocenters. The molecule has 1 aliphatic carbocycles. The van der Waals surface area contributed by atoms with Crippen molar-refractivity contribution in [1.82, 2.24) is 4.72 Å². The maximum Gasteiger partial charge on any atom is 0.241 e. The Kier molecular flexibility index (Phi) is 4.70. The summed E-state index contributed by atoms with van der Waals surface area (Å²) in [6, 6.07) is 3.56. The van der Waals surface area contributed by atoms with Gasteiger partial charge in [-0.15, -0.1) is 0 Å². The number of methoxy groups -OCH3 is 1. The summed E-state index contributed by atoms with van der Waals surface area (Å²) in [5.74, 6) is 0.721. The van der Waals surface area contributed by atoms with Crippen LogP contribution in [0.4, 0.5) is 0 Å². The molecule has 0 spiro atoms. The van der Waals surface area contributed by atoms with Crippen LogP contribution in [0.25, 0.3) is 0 Å². The number of sulfonamides is 1. The van der Waals surface area contributed by atoms with Gasteiger partial charge in [-0.2, -0.15) is 0 Å². The van der Waals surface area contributed by atoms with Crippen LogP contribution in [-0.2, 0) is 10.0 Å². The second-order valence-corrected chi connectivity index (χ2v) is 7.23. The Bertz CT molecular complexity index is 575. The molecule has 1 fully saturated rings. The number of hydrogen-bond acceptors (Lipinski definition) is 3. The van der Waals surface area contributed by atoms with E-state index in [1.165, 1.54) is 6.42 Å². The van der Waals surface area contributed by atoms with Crippen molar-refractivity contribution in [2.75, 3.05) is 7.11 Å². The minimum atomic E-state index is -3.44. The van der Waals surface area contributed by atoms with E-state index in [-0.39, 0.29) is 6.04 Å². The van der Waals surface area contributed by atoms with E-state index < -0.39 is 10.0 Å². The first-order valence-electron chi connectivity index (χ1n) is 7.11. The van der Waals surface area contributed by atoms with Crippen molar-refractivity contribution in [3.63, 3.8) is 0 Å². The molecule has 0 amide bonds. The van der Waals surface area contributed by atoms with Gasteiger partial charge in [0.05, 0.1) is 12.0 Å². The van der Waals surface area contributed by atoms with Crippen LogP contribution < -0.4 is 9.46 Å². The largest absolute Gasteiger partial charge is 0.496 e. The van der Waals surface area contributed by atoms with E-state index in [4.69, 9.17) is 4.74 Å². The first-order chi connectivity index (χ1) is 9.44. The minimum Gasteiger partial charge on any atom is -0.496 e. The van der Waals surface area contributed by atoms with Crippen LogP contribution in [0.5, 0.6) is 5.75 Å². The van der Waals surface area contributed by atoms with Crippen LogP contribution in [-0.4, -0.2) is 21.6 Å². The maximum absolute atomic E-state index is 12.5. The Morgan fingerprint density at radius 2 is 1.75 bits per heavy atom. The smallest absolute Gasteiger partial charge is 0.241 e. The molecule has 1 saturated carbocycles. The number of aryl methyl sites for hydroxylation is 2. The molecule has 5 heteroatoms. The van der Waals surface area contributed by atoms with Gasteiger partial charge in [0.15, 0.2) is 0 Å². The summed E-state index contributed by atoms with van der Waals surface area (Å²) in [5, 5.41) is 0. The van der Waals surface area contributed by atoms with Crippen LogP contribution >= 0.6 is 0 Å². The summed E-state index contributed by atoms with van der Waals surface area (Å²) in [6.07, 6.45) is 5.29. The van der Waals surface area contributed by atoms with Crippen LogP contribution in [0, 0.1) is 13.8 Å². The van der Waals surface area contributed by atoms with Crippen molar-refractivity contribution >= 4 is 10.0 Å². The standard InChI is InChI=1S/C15H23NO3S/c1-11-10-15(12(2)9-14(11)19-3)20(17,18)16-13-7-5-4-6-8-13/h9-10,13,16H,4-8H2,1-3H3. The fraction of sp³-hybridized carbons (Fsp3) is 0.600. The fourth-order valence-electron chi connectivity index (χ4n) is 2.78. The molecule has 1 N–H and O–H groups in total. The number of nitrogens with one attached hydrogen (secondary N) is 1. The molecular formula is C15H23NO3S. The molecule has 2 rings (SSSR count). The maximum atomic E-state index is 12.5. The molecule has 0 aromatic heterocycles. The number of benzene rings is 1. The van der Waals surface area contributed by atoms with Gasteiger partial charge in [-0.3, -0.25) is 0 Å². The highest BCUT2D eigenvalue weighted by atomic mass is 32.2. The predicted octanol–water partition coefficient (Wildman–Crippen LogP) is 2.92. The summed E-state index contributed by atoms with van der Waals surface area (Å²) >= 11 is 0. The van der Waals surface area contributed by atoms with Gasteiger partial charge >= 0.3 is 0 Å². The lowest BCUT2D eigenvalue weighted by Crippen LogP contribution is -2.36. The lowest BCUT2D eigenvalue weighted by molar-refractivity contribution is 0.409. The third-order valence-corrected chi connectivity index (χ3v) is 5.57. The molecule has 0 saturated heterocycles. The topological polar surface area (TPSA) is 55.4 Å². The lowest BCUT2D eigenvalue weighted by atomic mass is 9.96. The molecule has 0 bridgehead atoms. The highest BCUT2D eigenvalue weighted by Gasteiger charge is 2.24. The lowest BCUT2D eigenvalue weighted by Gasteiger charge is -2.23. The van der Waals surface area contributed by atoms with Gasteiger partial charge in [0.25, 0.3) is 0 Å². The molecule has 112 valence electrons. The van der Waals surface area contributed by atoms with Gasteiger partial charge in [-0.25, -0.2) is 13.1 Å². The van der Waals surface area contributed by atoms with Crippen LogP contribution in [0.3, 0.4) is 0 Å². The van der Waals surface area contributed by atoms with Gasteiger partial charge in [0, 0.05) is 6.04 Å². The molecule has 20 heavy (non-hydrogen) atoms. The van der Waals surface area contributed by atoms with Gasteiger partial charge in [0.2, 0.25) is 10.0 Å². The molecule has 4 nitrogen and oxygen atoms in total. The van der Waals surface area contributed by atoms with Crippen molar-refractivity contribution in [2.24, 2.45) is 0 Å². The molecule has 1 aromatic carbocycles. The van der Waals surface area contributed by atoms with Gasteiger partial charge in [-0.05, 0) is 49.9 Å². The van der Waals surface area contributed by atoms with E-state index >= 15 is 0 Å². The second kappa shape index (κ2) is 6.14. The Morgan fingerprint density at radius 1 is 1.10 bits per heavy atom. The SMILES string of the molecule is COc1cc(C)c(S(=O)(=O)NC2CCCCC2)cc1C. The molecule has 0 unspecified atom stereocenters. The summed E-state index contributed by atoms with van der Waals surface area (Å²) in [5.41, 5.74) is 1.55. The molecule has 0 heterocycles. The normalized spacial score (nSPS) is 17.1. The molecule has 1 aromatic rings. The third kappa shape index (κ3) is 3.33. The third-order valence-electron chi connectivity index (χ3n) is 3.91. The monoisotopic (exact) mass is 297 g/mol. The summed E-state index contributed by atoms with van der Waals surface area (Å²) in [6.45, 7) is 3.66. The predicted molar refractivity (Wildman–Crippen MR) is 79.7 cm³/mol. The number of ether oxygens (including phenoxy) is 1. The fourth-order valence-corrected chi connectivity index (χ4v) is 4.39. The van der Waals surface area contributed by atoms with Crippen molar-refractivity contribution in [3.8, 4) is 5.75 Å². The Balaban J connectivity index is 2.26. The number of rotatable bonds is 4. The van der Waals surface area contributed by atoms with Gasteiger partial charge in [0.1, 0.15) is 5.75 Å². The van der Waals surface area contributed by atoms with Gasteiger partial charge < -0.3 is 4.74 Å². The first-order valence-corrected chi connectivity index (χ1v) is 8.60. The Labute approximate surface area is 121 Å². The van der Waals surface area contributed by atoms with Crippen LogP contribution in [0.15, 0.2) is 17.0 Å². The molecule has 0 radical (unpaired) electrons. The van der Waals surface area contributed by atoms with Crippen molar-refractivity contribution in [3.05, 3.63) is 23.3 Å². The molecular weight excluding hydrogens is 274 g/mol. The average Bonchev–Trinajstić information content (AvgIpc) is 2.41. The summed E-state index contributed by atoms with van der Waals surface area (Å²) in [4.78, 5) is 0.362. The van der Waals surface area contributed by atoms with Gasteiger partial charge in [-0.1, -0.05) is 19.3 Å². The number of hydrogen-bond donors (Lipinski definition) is 1. The van der Waals surface area contributed by atoms with E-state index in [2.05, 4.69) is 4.72 Å². The zero-order valence-electron chi connectivity index (χ0n) is 12.4. The van der Waals surface area contributed by atoms with E-state index in [0.717, 1.165) is 42.6 Å². The second-order valence-electron chi connectivity index (χ2n) is 5.54. The Hall–Kier alpha value is -1.07. The van der Waals surface area contributed by atoms with Crippen LogP contribution in [0.1, 0.15) is 43.2 Å². The zero-order chi connectivity index (χ0) is 14.8. The molecule has 0 aliphatic heterocycles.